The lowest BCUT2D eigenvalue weighted by atomic mass is 9.85. The Hall–Kier alpha value is -1.04. The van der Waals surface area contributed by atoms with E-state index in [4.69, 9.17) is 0 Å². The molecule has 2 unspecified atom stereocenters. The van der Waals surface area contributed by atoms with Crippen molar-refractivity contribution < 1.29 is 13.2 Å². The third-order valence-electron chi connectivity index (χ3n) is 3.72. The zero-order valence-electron chi connectivity index (χ0n) is 11.1. The maximum atomic E-state index is 12.7. The number of hydrogen-bond donors (Lipinski definition) is 1. The largest absolute Gasteiger partial charge is 0.391 e. The summed E-state index contributed by atoms with van der Waals surface area (Å²) >= 11 is 0. The van der Waals surface area contributed by atoms with Gasteiger partial charge < -0.3 is 5.32 Å². The number of nitrogens with zero attached hydrogens (tertiary/aromatic N) is 2. The summed E-state index contributed by atoms with van der Waals surface area (Å²) < 4.78 is 39.7. The molecule has 0 aliphatic heterocycles. The number of aryl methyl sites for hydroxylation is 1. The van der Waals surface area contributed by atoms with Gasteiger partial charge in [0, 0.05) is 32.3 Å². The average Bonchev–Trinajstić information content (AvgIpc) is 2.74. The number of aromatic nitrogens is 2. The normalized spacial score (nSPS) is 24.6. The number of hydrogen-bond acceptors (Lipinski definition) is 2. The average molecular weight is 275 g/mol. The summed E-state index contributed by atoms with van der Waals surface area (Å²) in [6.45, 7) is 0.687. The summed E-state index contributed by atoms with van der Waals surface area (Å²) in [5.41, 5.74) is 0.971. The molecule has 1 saturated carbocycles. The standard InChI is InChI=1S/C13H20F3N3/c1-19-8-6-11(18-19)5-7-17-12-4-2-3-10(9-12)13(14,15)16/h6,8,10,12,17H,2-5,7,9H2,1H3. The third-order valence-corrected chi connectivity index (χ3v) is 3.72. The van der Waals surface area contributed by atoms with Gasteiger partial charge in [-0.15, -0.1) is 0 Å². The SMILES string of the molecule is Cn1ccc(CCNC2CCCC(C(F)(F)F)C2)n1. The Bertz CT molecular complexity index is 400. The zero-order chi connectivity index (χ0) is 13.9. The summed E-state index contributed by atoms with van der Waals surface area (Å²) in [5, 5.41) is 7.48. The summed E-state index contributed by atoms with van der Waals surface area (Å²) in [6, 6.07) is 1.92. The molecule has 1 heterocycles. The number of alkyl halides is 3. The van der Waals surface area contributed by atoms with Gasteiger partial charge in [0.15, 0.2) is 0 Å². The van der Waals surface area contributed by atoms with Gasteiger partial charge in [-0.2, -0.15) is 18.3 Å². The Morgan fingerprint density at radius 1 is 1.42 bits per heavy atom. The van der Waals surface area contributed by atoms with Crippen molar-refractivity contribution in [2.45, 2.75) is 44.3 Å². The quantitative estimate of drug-likeness (QED) is 0.915. The highest BCUT2D eigenvalue weighted by molar-refractivity contribution is 4.99. The van der Waals surface area contributed by atoms with Crippen LogP contribution in [0, 0.1) is 5.92 Å². The molecule has 1 fully saturated rings. The van der Waals surface area contributed by atoms with Gasteiger partial charge in [-0.25, -0.2) is 0 Å². The van der Waals surface area contributed by atoms with Crippen molar-refractivity contribution in [3.8, 4) is 0 Å². The van der Waals surface area contributed by atoms with E-state index < -0.39 is 12.1 Å². The Labute approximate surface area is 111 Å². The highest BCUT2D eigenvalue weighted by atomic mass is 19.4. The first kappa shape index (κ1) is 14.4. The van der Waals surface area contributed by atoms with Gasteiger partial charge in [-0.05, 0) is 25.3 Å². The molecule has 0 amide bonds. The summed E-state index contributed by atoms with van der Waals surface area (Å²) in [4.78, 5) is 0. The molecule has 0 bridgehead atoms. The van der Waals surface area contributed by atoms with Crippen molar-refractivity contribution in [1.82, 2.24) is 15.1 Å². The van der Waals surface area contributed by atoms with Crippen LogP contribution in [0.15, 0.2) is 12.3 Å². The minimum absolute atomic E-state index is 0.0101. The Morgan fingerprint density at radius 2 is 2.21 bits per heavy atom. The number of nitrogens with one attached hydrogen (secondary N) is 1. The van der Waals surface area contributed by atoms with E-state index in [9.17, 15) is 13.2 Å². The molecule has 108 valence electrons. The summed E-state index contributed by atoms with van der Waals surface area (Å²) in [6.07, 6.45) is 0.582. The molecule has 0 saturated heterocycles. The van der Waals surface area contributed by atoms with Crippen molar-refractivity contribution in [3.63, 3.8) is 0 Å². The van der Waals surface area contributed by atoms with Crippen molar-refractivity contribution in [2.24, 2.45) is 13.0 Å². The molecule has 0 spiro atoms. The van der Waals surface area contributed by atoms with Crippen LogP contribution in [0.4, 0.5) is 13.2 Å². The van der Waals surface area contributed by atoms with Gasteiger partial charge in [0.1, 0.15) is 0 Å². The molecule has 2 atom stereocenters. The van der Waals surface area contributed by atoms with Crippen molar-refractivity contribution in [2.75, 3.05) is 6.54 Å². The monoisotopic (exact) mass is 275 g/mol. The fraction of sp³-hybridized carbons (Fsp3) is 0.769. The molecule has 19 heavy (non-hydrogen) atoms. The van der Waals surface area contributed by atoms with Crippen LogP contribution in [0.3, 0.4) is 0 Å². The Balaban J connectivity index is 1.74. The highest BCUT2D eigenvalue weighted by Crippen LogP contribution is 2.37. The lowest BCUT2D eigenvalue weighted by molar-refractivity contribution is -0.183. The van der Waals surface area contributed by atoms with Crippen molar-refractivity contribution in [3.05, 3.63) is 18.0 Å². The van der Waals surface area contributed by atoms with Crippen LogP contribution in [0.25, 0.3) is 0 Å². The van der Waals surface area contributed by atoms with Gasteiger partial charge in [-0.1, -0.05) is 6.42 Å². The van der Waals surface area contributed by atoms with Crippen LogP contribution >= 0.6 is 0 Å². The molecule has 0 radical (unpaired) electrons. The second-order valence-corrected chi connectivity index (χ2v) is 5.29. The van der Waals surface area contributed by atoms with Crippen LogP contribution in [0.1, 0.15) is 31.4 Å². The third kappa shape index (κ3) is 4.23. The molecule has 1 aliphatic carbocycles. The van der Waals surface area contributed by atoms with Gasteiger partial charge in [-0.3, -0.25) is 4.68 Å². The zero-order valence-corrected chi connectivity index (χ0v) is 11.1. The fourth-order valence-corrected chi connectivity index (χ4v) is 2.67. The molecule has 1 aromatic rings. The van der Waals surface area contributed by atoms with Gasteiger partial charge >= 0.3 is 6.18 Å². The first-order valence-corrected chi connectivity index (χ1v) is 6.74. The summed E-state index contributed by atoms with van der Waals surface area (Å²) in [5.74, 6) is -1.13. The first-order valence-electron chi connectivity index (χ1n) is 6.74. The van der Waals surface area contributed by atoms with E-state index in [1.165, 1.54) is 0 Å². The van der Waals surface area contributed by atoms with Gasteiger partial charge in [0.2, 0.25) is 0 Å². The first-order chi connectivity index (χ1) is 8.95. The lowest BCUT2D eigenvalue weighted by Gasteiger charge is -2.31. The molecule has 6 heteroatoms. The maximum Gasteiger partial charge on any atom is 0.391 e. The van der Waals surface area contributed by atoms with Gasteiger partial charge in [0.25, 0.3) is 0 Å². The predicted molar refractivity (Wildman–Crippen MR) is 66.7 cm³/mol. The van der Waals surface area contributed by atoms with Crippen molar-refractivity contribution in [1.29, 1.82) is 0 Å². The molecule has 2 rings (SSSR count). The van der Waals surface area contributed by atoms with Crippen LogP contribution in [-0.2, 0) is 13.5 Å². The number of rotatable bonds is 4. The smallest absolute Gasteiger partial charge is 0.314 e. The van der Waals surface area contributed by atoms with E-state index in [0.717, 1.165) is 18.5 Å². The van der Waals surface area contributed by atoms with Crippen LogP contribution in [0.2, 0.25) is 0 Å². The second kappa shape index (κ2) is 5.94. The molecular formula is C13H20F3N3. The molecule has 1 aliphatic rings. The molecule has 1 aromatic heterocycles. The maximum absolute atomic E-state index is 12.7. The minimum atomic E-state index is -4.04. The topological polar surface area (TPSA) is 29.9 Å². The van der Waals surface area contributed by atoms with E-state index >= 15 is 0 Å². The van der Waals surface area contributed by atoms with Crippen LogP contribution in [0.5, 0.6) is 0 Å². The predicted octanol–water partition coefficient (Wildman–Crippen LogP) is 2.67. The summed E-state index contributed by atoms with van der Waals surface area (Å²) in [7, 11) is 1.85. The molecule has 1 N–H and O–H groups in total. The van der Waals surface area contributed by atoms with Gasteiger partial charge in [0.05, 0.1) is 11.6 Å². The van der Waals surface area contributed by atoms with E-state index in [1.807, 2.05) is 19.3 Å². The fourth-order valence-electron chi connectivity index (χ4n) is 2.67. The Kier molecular flexibility index (Phi) is 4.50. The lowest BCUT2D eigenvalue weighted by Crippen LogP contribution is -2.39. The van der Waals surface area contributed by atoms with E-state index in [2.05, 4.69) is 10.4 Å². The molecule has 0 aromatic carbocycles. The highest BCUT2D eigenvalue weighted by Gasteiger charge is 2.41. The van der Waals surface area contributed by atoms with E-state index in [-0.39, 0.29) is 18.9 Å². The van der Waals surface area contributed by atoms with Crippen LogP contribution < -0.4 is 5.32 Å². The Morgan fingerprint density at radius 3 is 2.84 bits per heavy atom. The molecular weight excluding hydrogens is 255 g/mol. The van der Waals surface area contributed by atoms with Crippen molar-refractivity contribution >= 4 is 0 Å². The second-order valence-electron chi connectivity index (χ2n) is 5.29. The number of halogens is 3. The van der Waals surface area contributed by atoms with Crippen LogP contribution in [-0.4, -0.2) is 28.5 Å². The molecule has 3 nitrogen and oxygen atoms in total. The van der Waals surface area contributed by atoms with E-state index in [1.54, 1.807) is 4.68 Å². The van der Waals surface area contributed by atoms with E-state index in [0.29, 0.717) is 13.0 Å². The minimum Gasteiger partial charge on any atom is -0.314 e.